The number of hydrogen-bond acceptors (Lipinski definition) is 5. The van der Waals surface area contributed by atoms with Crippen LogP contribution in [0.3, 0.4) is 0 Å². The molecule has 1 atom stereocenters. The van der Waals surface area contributed by atoms with Gasteiger partial charge in [0.05, 0.1) is 15.3 Å². The van der Waals surface area contributed by atoms with Crippen molar-refractivity contribution in [3.05, 3.63) is 112 Å². The van der Waals surface area contributed by atoms with E-state index in [9.17, 15) is 16.8 Å². The molecule has 49 heavy (non-hydrogen) atoms. The second-order valence-corrected chi connectivity index (χ2v) is 23.6. The van der Waals surface area contributed by atoms with Crippen molar-refractivity contribution < 1.29 is 21.3 Å². The number of fused-ring (bicyclic) bond motifs is 1. The second-order valence-electron chi connectivity index (χ2n) is 13.7. The minimum Gasteiger partial charge on any atom is -0.415 e. The predicted molar refractivity (Wildman–Crippen MR) is 207 cm³/mol. The lowest BCUT2D eigenvalue weighted by Crippen LogP contribution is -2.49. The Morgan fingerprint density at radius 3 is 1.94 bits per heavy atom. The zero-order chi connectivity index (χ0) is 36.1. The van der Waals surface area contributed by atoms with E-state index in [4.69, 9.17) is 4.43 Å². The number of benzene rings is 3. The fourth-order valence-electron chi connectivity index (χ4n) is 6.78. The monoisotopic (exact) mass is 784 g/mol. The topological polar surface area (TPSA) is 94.5 Å². The normalized spacial score (nSPS) is 13.3. The highest BCUT2D eigenvalue weighted by Crippen LogP contribution is 2.42. The molecule has 0 saturated carbocycles. The van der Waals surface area contributed by atoms with Gasteiger partial charge < -0.3 is 4.43 Å². The SMILES string of the molecule is Cc1ccc(S(=O)(=O)NCC(C=C=CCc2cn(S(=O)(=O)c3ccc(C)cc3)c3cccc(Br)c23)CO[Si](C(C)C)(C(C)C)C(C)C)cc1. The van der Waals surface area contributed by atoms with Crippen LogP contribution in [0, 0.1) is 19.8 Å². The van der Waals surface area contributed by atoms with Crippen molar-refractivity contribution in [2.45, 2.75) is 88.2 Å². The van der Waals surface area contributed by atoms with Gasteiger partial charge in [0.2, 0.25) is 10.0 Å². The number of nitrogens with zero attached hydrogens (tertiary/aromatic N) is 1. The van der Waals surface area contributed by atoms with E-state index in [2.05, 4.69) is 67.9 Å². The molecule has 4 rings (SSSR count). The van der Waals surface area contributed by atoms with Gasteiger partial charge in [-0.05, 0) is 84.6 Å². The molecular formula is C38H49BrN2O5S2Si. The third kappa shape index (κ3) is 8.76. The van der Waals surface area contributed by atoms with Crippen LogP contribution in [-0.4, -0.2) is 42.3 Å². The van der Waals surface area contributed by atoms with Gasteiger partial charge >= 0.3 is 0 Å². The van der Waals surface area contributed by atoms with Crippen molar-refractivity contribution >= 4 is 55.2 Å². The standard InChI is InChI=1S/C38H49BrN2O5S2Si/c1-27(2)49(28(3)4,29(5)6)46-26-32(24-40-47(42,43)34-20-16-30(7)17-21-34)12-9-10-13-33-25-41(37-15-11-14-36(39)38(33)37)48(44,45)35-22-18-31(8)19-23-35/h10-12,14-23,25,27-29,32,40H,13,24,26H2,1-8H3. The molecular weight excluding hydrogens is 737 g/mol. The smallest absolute Gasteiger partial charge is 0.268 e. The van der Waals surface area contributed by atoms with Crippen molar-refractivity contribution in [2.24, 2.45) is 5.92 Å². The molecule has 0 aliphatic carbocycles. The van der Waals surface area contributed by atoms with Crippen molar-refractivity contribution in [3.63, 3.8) is 0 Å². The van der Waals surface area contributed by atoms with Gasteiger partial charge in [-0.15, -0.1) is 5.73 Å². The number of rotatable bonds is 15. The van der Waals surface area contributed by atoms with E-state index < -0.39 is 28.4 Å². The largest absolute Gasteiger partial charge is 0.415 e. The number of sulfonamides is 1. The Morgan fingerprint density at radius 2 is 1.39 bits per heavy atom. The molecule has 1 aromatic heterocycles. The van der Waals surface area contributed by atoms with E-state index in [-0.39, 0.29) is 22.3 Å². The van der Waals surface area contributed by atoms with Crippen molar-refractivity contribution in [2.75, 3.05) is 13.2 Å². The van der Waals surface area contributed by atoms with Crippen molar-refractivity contribution in [1.29, 1.82) is 0 Å². The van der Waals surface area contributed by atoms with Gasteiger partial charge in [0.15, 0.2) is 8.32 Å². The van der Waals surface area contributed by atoms with E-state index in [0.29, 0.717) is 35.2 Å². The third-order valence-electron chi connectivity index (χ3n) is 9.29. The fourth-order valence-corrected chi connectivity index (χ4v) is 15.4. The molecule has 3 aromatic carbocycles. The van der Waals surface area contributed by atoms with Crippen LogP contribution in [-0.2, 0) is 30.9 Å². The molecule has 0 amide bonds. The Kier molecular flexibility index (Phi) is 12.8. The van der Waals surface area contributed by atoms with Gasteiger partial charge in [-0.25, -0.2) is 25.5 Å². The quantitative estimate of drug-likeness (QED) is 0.0959. The molecule has 0 saturated heterocycles. The Morgan fingerprint density at radius 1 is 0.837 bits per heavy atom. The molecule has 264 valence electrons. The van der Waals surface area contributed by atoms with Gasteiger partial charge in [-0.1, -0.05) is 98.9 Å². The maximum atomic E-state index is 13.7. The van der Waals surface area contributed by atoms with E-state index in [1.165, 1.54) is 3.97 Å². The lowest BCUT2D eigenvalue weighted by molar-refractivity contribution is 0.243. The van der Waals surface area contributed by atoms with E-state index >= 15 is 0 Å². The van der Waals surface area contributed by atoms with Gasteiger partial charge in [0, 0.05) is 41.5 Å². The average Bonchev–Trinajstić information content (AvgIpc) is 3.42. The number of nitrogens with one attached hydrogen (secondary N) is 1. The Bertz CT molecular complexity index is 2010. The number of halogens is 1. The minimum absolute atomic E-state index is 0.148. The van der Waals surface area contributed by atoms with Gasteiger partial charge in [0.1, 0.15) is 0 Å². The average molecular weight is 786 g/mol. The minimum atomic E-state index is -3.84. The summed E-state index contributed by atoms with van der Waals surface area (Å²) in [6.07, 6.45) is 5.82. The van der Waals surface area contributed by atoms with Gasteiger partial charge in [-0.3, -0.25) is 0 Å². The highest BCUT2D eigenvalue weighted by molar-refractivity contribution is 9.10. The zero-order valence-electron chi connectivity index (χ0n) is 29.7. The summed E-state index contributed by atoms with van der Waals surface area (Å²) in [5.41, 5.74) is 7.79. The highest BCUT2D eigenvalue weighted by Gasteiger charge is 2.45. The summed E-state index contributed by atoms with van der Waals surface area (Å²) in [7, 11) is -9.79. The molecule has 4 aromatic rings. The van der Waals surface area contributed by atoms with Crippen LogP contribution in [0.5, 0.6) is 0 Å². The van der Waals surface area contributed by atoms with Crippen molar-refractivity contribution in [3.8, 4) is 0 Å². The number of aryl methyl sites for hydroxylation is 2. The predicted octanol–water partition coefficient (Wildman–Crippen LogP) is 9.30. The third-order valence-corrected chi connectivity index (χ3v) is 19.2. The molecule has 1 unspecified atom stereocenters. The molecule has 7 nitrogen and oxygen atoms in total. The van der Waals surface area contributed by atoms with Crippen LogP contribution >= 0.6 is 15.9 Å². The summed E-state index contributed by atoms with van der Waals surface area (Å²) in [6, 6.07) is 19.2. The van der Waals surface area contributed by atoms with Crippen molar-refractivity contribution in [1.82, 2.24) is 8.69 Å². The van der Waals surface area contributed by atoms with E-state index in [1.54, 1.807) is 60.8 Å². The van der Waals surface area contributed by atoms with Gasteiger partial charge in [-0.2, -0.15) is 0 Å². The van der Waals surface area contributed by atoms with Crippen LogP contribution < -0.4 is 4.72 Å². The first-order valence-electron chi connectivity index (χ1n) is 16.7. The van der Waals surface area contributed by atoms with E-state index in [0.717, 1.165) is 26.5 Å². The first-order valence-corrected chi connectivity index (χ1v) is 22.6. The van der Waals surface area contributed by atoms with Crippen LogP contribution in [0.4, 0.5) is 0 Å². The molecule has 1 N–H and O–H groups in total. The molecule has 0 bridgehead atoms. The number of aromatic nitrogens is 1. The zero-order valence-corrected chi connectivity index (χ0v) is 33.9. The molecule has 0 fully saturated rings. The second kappa shape index (κ2) is 16.1. The summed E-state index contributed by atoms with van der Waals surface area (Å²) in [6.45, 7) is 17.7. The van der Waals surface area contributed by atoms with Crippen LogP contribution in [0.1, 0.15) is 58.2 Å². The summed E-state index contributed by atoms with van der Waals surface area (Å²) in [5.74, 6) is -0.283. The first-order chi connectivity index (χ1) is 23.0. The maximum absolute atomic E-state index is 13.7. The molecule has 0 aliphatic heterocycles. The maximum Gasteiger partial charge on any atom is 0.268 e. The molecule has 0 aliphatic rings. The van der Waals surface area contributed by atoms with E-state index in [1.807, 2.05) is 38.1 Å². The molecule has 1 heterocycles. The lowest BCUT2D eigenvalue weighted by atomic mass is 10.1. The highest BCUT2D eigenvalue weighted by atomic mass is 79.9. The van der Waals surface area contributed by atoms with Crippen LogP contribution in [0.2, 0.25) is 16.6 Å². The van der Waals surface area contributed by atoms with Gasteiger partial charge in [0.25, 0.3) is 10.0 Å². The van der Waals surface area contributed by atoms with Crippen LogP contribution in [0.15, 0.2) is 105 Å². The Hall–Kier alpha value is -2.76. The van der Waals surface area contributed by atoms with Crippen LogP contribution in [0.25, 0.3) is 10.9 Å². The number of hydrogen-bond donors (Lipinski definition) is 1. The summed E-state index contributed by atoms with van der Waals surface area (Å²) in [4.78, 5) is 0.437. The fraction of sp³-hybridized carbons (Fsp3) is 0.395. The lowest BCUT2D eigenvalue weighted by Gasteiger charge is -2.42. The summed E-state index contributed by atoms with van der Waals surface area (Å²) >= 11 is 3.63. The molecule has 0 radical (unpaired) electrons. The summed E-state index contributed by atoms with van der Waals surface area (Å²) < 4.78 is 65.7. The summed E-state index contributed by atoms with van der Waals surface area (Å²) in [5, 5.41) is 0.809. The Labute approximate surface area is 302 Å². The molecule has 11 heteroatoms. The first kappa shape index (κ1) is 39.0. The molecule has 0 spiro atoms. The Balaban J connectivity index is 1.66.